The summed E-state index contributed by atoms with van der Waals surface area (Å²) in [5.74, 6) is 1.00. The molecule has 1 amide bonds. The lowest BCUT2D eigenvalue weighted by molar-refractivity contribution is -0.113. The van der Waals surface area contributed by atoms with Gasteiger partial charge in [0.05, 0.1) is 5.75 Å². The summed E-state index contributed by atoms with van der Waals surface area (Å²) < 4.78 is 1.92. The van der Waals surface area contributed by atoms with E-state index in [2.05, 4.69) is 32.5 Å². The number of nitrogens with one attached hydrogen (secondary N) is 1. The number of rotatable bonds is 6. The van der Waals surface area contributed by atoms with Crippen LogP contribution in [0.4, 0.5) is 11.4 Å². The highest BCUT2D eigenvalue weighted by molar-refractivity contribution is 7.99. The molecule has 0 saturated carbocycles. The Bertz CT molecular complexity index is 979. The lowest BCUT2D eigenvalue weighted by Gasteiger charge is -2.12. The predicted molar refractivity (Wildman–Crippen MR) is 116 cm³/mol. The van der Waals surface area contributed by atoms with Gasteiger partial charge in [0.1, 0.15) is 0 Å². The molecule has 0 aliphatic heterocycles. The van der Waals surface area contributed by atoms with Gasteiger partial charge in [-0.25, -0.2) is 0 Å². The smallest absolute Gasteiger partial charge is 0.234 e. The Labute approximate surface area is 170 Å². The first-order valence-corrected chi connectivity index (χ1v) is 10.0. The minimum Gasteiger partial charge on any atom is -0.378 e. The average molecular weight is 396 g/mol. The lowest BCUT2D eigenvalue weighted by Crippen LogP contribution is -2.15. The summed E-state index contributed by atoms with van der Waals surface area (Å²) in [4.78, 5) is 14.4. The molecule has 3 rings (SSSR count). The molecule has 1 N–H and O–H groups in total. The number of thioether (sulfide) groups is 1. The first-order chi connectivity index (χ1) is 13.3. The second-order valence-electron chi connectivity index (χ2n) is 6.96. The monoisotopic (exact) mass is 395 g/mol. The molecule has 146 valence electrons. The quantitative estimate of drug-likeness (QED) is 0.642. The summed E-state index contributed by atoms with van der Waals surface area (Å²) in [6, 6.07) is 14.2. The number of carbonyl (C=O) groups excluding carboxylic acids is 1. The van der Waals surface area contributed by atoms with Gasteiger partial charge >= 0.3 is 0 Å². The average Bonchev–Trinajstić information content (AvgIpc) is 3.03. The summed E-state index contributed by atoms with van der Waals surface area (Å²) >= 11 is 1.38. The molecule has 0 atom stereocenters. The summed E-state index contributed by atoms with van der Waals surface area (Å²) in [5, 5.41) is 12.2. The fourth-order valence-electron chi connectivity index (χ4n) is 2.79. The first kappa shape index (κ1) is 19.9. The van der Waals surface area contributed by atoms with Crippen molar-refractivity contribution in [1.29, 1.82) is 0 Å². The maximum Gasteiger partial charge on any atom is 0.234 e. The Hall–Kier alpha value is -2.80. The molecule has 0 aliphatic rings. The highest BCUT2D eigenvalue weighted by Gasteiger charge is 2.13. The van der Waals surface area contributed by atoms with Gasteiger partial charge in [0.2, 0.25) is 5.91 Å². The molecule has 2 aromatic carbocycles. The minimum atomic E-state index is -0.0569. The van der Waals surface area contributed by atoms with Crippen molar-refractivity contribution in [2.24, 2.45) is 7.05 Å². The van der Waals surface area contributed by atoms with Crippen molar-refractivity contribution in [3.05, 3.63) is 53.6 Å². The molecule has 0 bridgehead atoms. The maximum atomic E-state index is 12.3. The number of amides is 1. The molecule has 0 saturated heterocycles. The van der Waals surface area contributed by atoms with E-state index < -0.39 is 0 Å². The van der Waals surface area contributed by atoms with Crippen LogP contribution < -0.4 is 10.2 Å². The fraction of sp³-hybridized carbons (Fsp3) is 0.286. The summed E-state index contributed by atoms with van der Waals surface area (Å²) in [7, 11) is 5.94. The molecule has 0 fully saturated rings. The molecule has 0 spiro atoms. The molecular formula is C21H25N5OS. The lowest BCUT2D eigenvalue weighted by atomic mass is 10.1. The Morgan fingerprint density at radius 2 is 1.82 bits per heavy atom. The highest BCUT2D eigenvalue weighted by atomic mass is 32.2. The van der Waals surface area contributed by atoms with E-state index in [9.17, 15) is 4.79 Å². The molecule has 3 aromatic rings. The number of nitrogens with zero attached hydrogens (tertiary/aromatic N) is 4. The van der Waals surface area contributed by atoms with Crippen LogP contribution in [-0.4, -0.2) is 40.5 Å². The van der Waals surface area contributed by atoms with Crippen LogP contribution in [0.1, 0.15) is 11.1 Å². The largest absolute Gasteiger partial charge is 0.378 e. The van der Waals surface area contributed by atoms with E-state index >= 15 is 0 Å². The van der Waals surface area contributed by atoms with E-state index in [0.29, 0.717) is 5.16 Å². The number of carbonyl (C=O) groups is 1. The van der Waals surface area contributed by atoms with Crippen LogP contribution in [0.3, 0.4) is 0 Å². The van der Waals surface area contributed by atoms with Crippen molar-refractivity contribution in [2.45, 2.75) is 19.0 Å². The fourth-order valence-corrected chi connectivity index (χ4v) is 3.50. The van der Waals surface area contributed by atoms with Crippen LogP contribution in [-0.2, 0) is 11.8 Å². The van der Waals surface area contributed by atoms with Crippen LogP contribution >= 0.6 is 11.8 Å². The van der Waals surface area contributed by atoms with E-state index in [1.807, 2.05) is 69.9 Å². The summed E-state index contributed by atoms with van der Waals surface area (Å²) in [5.41, 5.74) is 5.14. The topological polar surface area (TPSA) is 63.1 Å². The van der Waals surface area contributed by atoms with Crippen LogP contribution in [0.25, 0.3) is 11.4 Å². The van der Waals surface area contributed by atoms with Crippen molar-refractivity contribution in [3.63, 3.8) is 0 Å². The number of hydrogen-bond donors (Lipinski definition) is 1. The van der Waals surface area contributed by atoms with Crippen LogP contribution in [0, 0.1) is 13.8 Å². The zero-order valence-electron chi connectivity index (χ0n) is 16.9. The van der Waals surface area contributed by atoms with E-state index in [1.54, 1.807) is 0 Å². The van der Waals surface area contributed by atoms with Gasteiger partial charge in [-0.15, -0.1) is 10.2 Å². The molecule has 7 heteroatoms. The summed E-state index contributed by atoms with van der Waals surface area (Å²) in [6.07, 6.45) is 0. The van der Waals surface area contributed by atoms with Gasteiger partial charge in [0.15, 0.2) is 11.0 Å². The van der Waals surface area contributed by atoms with Crippen molar-refractivity contribution in [2.75, 3.05) is 30.1 Å². The van der Waals surface area contributed by atoms with Gasteiger partial charge in [-0.3, -0.25) is 4.79 Å². The van der Waals surface area contributed by atoms with Gasteiger partial charge in [-0.2, -0.15) is 0 Å². The Kier molecular flexibility index (Phi) is 6.04. The number of anilines is 2. The molecule has 0 aliphatic carbocycles. The third-order valence-electron chi connectivity index (χ3n) is 4.48. The Balaban J connectivity index is 1.65. The van der Waals surface area contributed by atoms with Crippen molar-refractivity contribution < 1.29 is 4.79 Å². The van der Waals surface area contributed by atoms with E-state index in [4.69, 9.17) is 0 Å². The van der Waals surface area contributed by atoms with Crippen molar-refractivity contribution in [1.82, 2.24) is 14.8 Å². The number of aryl methyl sites for hydroxylation is 2. The van der Waals surface area contributed by atoms with Gasteiger partial charge in [0, 0.05) is 38.1 Å². The molecule has 0 radical (unpaired) electrons. The molecule has 28 heavy (non-hydrogen) atoms. The maximum absolute atomic E-state index is 12.3. The summed E-state index contributed by atoms with van der Waals surface area (Å²) in [6.45, 7) is 3.99. The van der Waals surface area contributed by atoms with Gasteiger partial charge in [-0.05, 0) is 55.3 Å². The third-order valence-corrected chi connectivity index (χ3v) is 5.50. The van der Waals surface area contributed by atoms with Gasteiger partial charge in [0.25, 0.3) is 0 Å². The second kappa shape index (κ2) is 8.48. The number of hydrogen-bond acceptors (Lipinski definition) is 5. The van der Waals surface area contributed by atoms with Crippen LogP contribution in [0.5, 0.6) is 0 Å². The zero-order chi connectivity index (χ0) is 20.3. The Morgan fingerprint density at radius 3 is 2.50 bits per heavy atom. The van der Waals surface area contributed by atoms with Gasteiger partial charge in [-0.1, -0.05) is 23.9 Å². The second-order valence-corrected chi connectivity index (χ2v) is 7.90. The third kappa shape index (κ3) is 4.54. The standard InChI is InChI=1S/C21H25N5OS/c1-14-6-7-15(2)18(12-14)22-19(27)13-28-21-24-23-20(26(21)5)16-8-10-17(11-9-16)25(3)4/h6-12H,13H2,1-5H3,(H,22,27). The molecule has 6 nitrogen and oxygen atoms in total. The Morgan fingerprint density at radius 1 is 1.11 bits per heavy atom. The normalized spacial score (nSPS) is 10.8. The molecule has 0 unspecified atom stereocenters. The predicted octanol–water partition coefficient (Wildman–Crippen LogP) is 3.90. The van der Waals surface area contributed by atoms with Gasteiger partial charge < -0.3 is 14.8 Å². The van der Waals surface area contributed by atoms with Crippen LogP contribution in [0.15, 0.2) is 47.6 Å². The van der Waals surface area contributed by atoms with Crippen LogP contribution in [0.2, 0.25) is 0 Å². The SMILES string of the molecule is Cc1ccc(C)c(NC(=O)CSc2nnc(-c3ccc(N(C)C)cc3)n2C)c1. The number of aromatic nitrogens is 3. The minimum absolute atomic E-state index is 0.0569. The highest BCUT2D eigenvalue weighted by Crippen LogP contribution is 2.25. The van der Waals surface area contributed by atoms with E-state index in [0.717, 1.165) is 33.9 Å². The van der Waals surface area contributed by atoms with E-state index in [-0.39, 0.29) is 11.7 Å². The van der Waals surface area contributed by atoms with Crippen molar-refractivity contribution in [3.8, 4) is 11.4 Å². The molecule has 1 heterocycles. The zero-order valence-corrected chi connectivity index (χ0v) is 17.7. The van der Waals surface area contributed by atoms with E-state index in [1.165, 1.54) is 11.8 Å². The molecule has 1 aromatic heterocycles. The number of benzene rings is 2. The first-order valence-electron chi connectivity index (χ1n) is 9.02. The molecular weight excluding hydrogens is 370 g/mol. The van der Waals surface area contributed by atoms with Crippen molar-refractivity contribution >= 4 is 29.0 Å².